The van der Waals surface area contributed by atoms with Crippen molar-refractivity contribution < 1.29 is 4.39 Å². The molecule has 0 atom stereocenters. The van der Waals surface area contributed by atoms with Crippen molar-refractivity contribution in [2.24, 2.45) is 7.05 Å². The highest BCUT2D eigenvalue weighted by Crippen LogP contribution is 2.20. The molecule has 0 fully saturated rings. The second-order valence-electron chi connectivity index (χ2n) is 3.89. The van der Waals surface area contributed by atoms with E-state index >= 15 is 0 Å². The van der Waals surface area contributed by atoms with Gasteiger partial charge in [-0.05, 0) is 18.2 Å². The molecule has 6 heteroatoms. The van der Waals surface area contributed by atoms with Gasteiger partial charge in [0.15, 0.2) is 5.65 Å². The number of rotatable bonds is 0. The molecule has 5 nitrogen and oxygen atoms in total. The fourth-order valence-corrected chi connectivity index (χ4v) is 2.04. The molecule has 3 rings (SSSR count). The van der Waals surface area contributed by atoms with Gasteiger partial charge in [-0.25, -0.2) is 4.39 Å². The van der Waals surface area contributed by atoms with Gasteiger partial charge in [0.1, 0.15) is 17.0 Å². The zero-order valence-electron chi connectivity index (χ0n) is 8.99. The molecule has 0 aliphatic heterocycles. The summed E-state index contributed by atoms with van der Waals surface area (Å²) in [6, 6.07) is 4.07. The monoisotopic (exact) mass is 232 g/mol. The van der Waals surface area contributed by atoms with E-state index in [0.29, 0.717) is 21.9 Å². The fraction of sp³-hybridized carbons (Fsp3) is 0.0909. The van der Waals surface area contributed by atoms with E-state index < -0.39 is 5.82 Å². The van der Waals surface area contributed by atoms with Crippen molar-refractivity contribution in [1.29, 1.82) is 0 Å². The van der Waals surface area contributed by atoms with Crippen LogP contribution in [-0.4, -0.2) is 14.8 Å². The Morgan fingerprint density at radius 1 is 1.47 bits per heavy atom. The maximum atomic E-state index is 13.2. The van der Waals surface area contributed by atoms with Gasteiger partial charge < -0.3 is 10.3 Å². The number of aryl methyl sites for hydroxylation is 1. The predicted octanol–water partition coefficient (Wildman–Crippen LogP) is 1.14. The van der Waals surface area contributed by atoms with E-state index in [1.807, 2.05) is 0 Å². The van der Waals surface area contributed by atoms with Crippen molar-refractivity contribution in [3.8, 4) is 0 Å². The summed E-state index contributed by atoms with van der Waals surface area (Å²) in [6.45, 7) is 0. The maximum Gasteiger partial charge on any atom is 0.202 e. The number of fused-ring (bicyclic) bond motifs is 2. The number of nitrogens with two attached hydrogens (primary N) is 1. The van der Waals surface area contributed by atoms with Crippen LogP contribution in [0.15, 0.2) is 23.0 Å². The molecule has 0 aliphatic rings. The number of pyridine rings is 1. The van der Waals surface area contributed by atoms with Crippen molar-refractivity contribution in [3.63, 3.8) is 0 Å². The summed E-state index contributed by atoms with van der Waals surface area (Å²) in [5.74, 6) is -0.247. The average molecular weight is 232 g/mol. The summed E-state index contributed by atoms with van der Waals surface area (Å²) < 4.78 is 14.9. The number of hydrogen-bond donors (Lipinski definition) is 2. The lowest BCUT2D eigenvalue weighted by Crippen LogP contribution is -2.09. The molecule has 3 N–H and O–H groups in total. The first-order chi connectivity index (χ1) is 8.09. The number of nitrogen functional groups attached to an aromatic ring is 1. The number of benzene rings is 1. The Hall–Kier alpha value is -2.37. The standard InChI is InChI=1S/C11H9FN4O/c1-16-7-3-2-5(12)4-6(7)9(17)8-10(13)14-15-11(8)16/h2-4H,1H3,(H3,13,14,15). The van der Waals surface area contributed by atoms with Crippen LogP contribution >= 0.6 is 0 Å². The Morgan fingerprint density at radius 2 is 2.24 bits per heavy atom. The summed E-state index contributed by atoms with van der Waals surface area (Å²) >= 11 is 0. The third kappa shape index (κ3) is 1.17. The van der Waals surface area contributed by atoms with Crippen molar-refractivity contribution in [3.05, 3.63) is 34.2 Å². The summed E-state index contributed by atoms with van der Waals surface area (Å²) in [5, 5.41) is 7.13. The lowest BCUT2D eigenvalue weighted by molar-refractivity contribution is 0.629. The Labute approximate surface area is 94.7 Å². The molecule has 2 heterocycles. The quantitative estimate of drug-likeness (QED) is 0.610. The molecular formula is C11H9FN4O. The molecule has 2 aromatic heterocycles. The van der Waals surface area contributed by atoms with Crippen molar-refractivity contribution in [1.82, 2.24) is 14.8 Å². The van der Waals surface area contributed by atoms with E-state index in [1.165, 1.54) is 12.1 Å². The van der Waals surface area contributed by atoms with Gasteiger partial charge in [0.2, 0.25) is 5.43 Å². The summed E-state index contributed by atoms with van der Waals surface area (Å²) in [6.07, 6.45) is 0. The summed E-state index contributed by atoms with van der Waals surface area (Å²) in [4.78, 5) is 12.2. The molecule has 86 valence electrons. The van der Waals surface area contributed by atoms with Gasteiger partial charge in [-0.15, -0.1) is 0 Å². The molecule has 0 bridgehead atoms. The first kappa shape index (κ1) is 9.83. The number of anilines is 1. The molecule has 0 amide bonds. The lowest BCUT2D eigenvalue weighted by atomic mass is 10.1. The maximum absolute atomic E-state index is 13.2. The number of H-pyrrole nitrogens is 1. The zero-order valence-corrected chi connectivity index (χ0v) is 8.99. The van der Waals surface area contributed by atoms with E-state index in [2.05, 4.69) is 10.2 Å². The van der Waals surface area contributed by atoms with Gasteiger partial charge in [0, 0.05) is 12.4 Å². The van der Waals surface area contributed by atoms with Crippen LogP contribution in [-0.2, 0) is 7.05 Å². The van der Waals surface area contributed by atoms with Crippen LogP contribution in [0, 0.1) is 5.82 Å². The number of hydrogen-bond acceptors (Lipinski definition) is 3. The number of halogens is 1. The highest BCUT2D eigenvalue weighted by Gasteiger charge is 2.14. The van der Waals surface area contributed by atoms with Crippen LogP contribution in [0.1, 0.15) is 0 Å². The molecular weight excluding hydrogens is 223 g/mol. The number of nitrogens with zero attached hydrogens (tertiary/aromatic N) is 2. The van der Waals surface area contributed by atoms with E-state index in [4.69, 9.17) is 5.73 Å². The predicted molar refractivity (Wildman–Crippen MR) is 63.2 cm³/mol. The Kier molecular flexibility index (Phi) is 1.77. The van der Waals surface area contributed by atoms with Crippen molar-refractivity contribution >= 4 is 27.8 Å². The van der Waals surface area contributed by atoms with E-state index in [-0.39, 0.29) is 11.2 Å². The molecule has 17 heavy (non-hydrogen) atoms. The summed E-state index contributed by atoms with van der Waals surface area (Å²) in [5.41, 5.74) is 6.43. The smallest absolute Gasteiger partial charge is 0.202 e. The third-order valence-electron chi connectivity index (χ3n) is 2.88. The van der Waals surface area contributed by atoms with Gasteiger partial charge in [-0.1, -0.05) is 0 Å². The first-order valence-electron chi connectivity index (χ1n) is 5.01. The van der Waals surface area contributed by atoms with Crippen LogP contribution in [0.2, 0.25) is 0 Å². The molecule has 0 radical (unpaired) electrons. The molecule has 0 spiro atoms. The first-order valence-corrected chi connectivity index (χ1v) is 5.01. The second-order valence-corrected chi connectivity index (χ2v) is 3.89. The van der Waals surface area contributed by atoms with E-state index in [9.17, 15) is 9.18 Å². The van der Waals surface area contributed by atoms with Crippen LogP contribution in [0.5, 0.6) is 0 Å². The lowest BCUT2D eigenvalue weighted by Gasteiger charge is -2.05. The number of aromatic amines is 1. The van der Waals surface area contributed by atoms with Gasteiger partial charge >= 0.3 is 0 Å². The highest BCUT2D eigenvalue weighted by molar-refractivity contribution is 5.96. The molecule has 0 saturated heterocycles. The number of aromatic nitrogens is 3. The fourth-order valence-electron chi connectivity index (χ4n) is 2.04. The highest BCUT2D eigenvalue weighted by atomic mass is 19.1. The van der Waals surface area contributed by atoms with Crippen molar-refractivity contribution in [2.75, 3.05) is 5.73 Å². The minimum Gasteiger partial charge on any atom is -0.383 e. The van der Waals surface area contributed by atoms with Crippen LogP contribution in [0.4, 0.5) is 10.2 Å². The largest absolute Gasteiger partial charge is 0.383 e. The minimum atomic E-state index is -0.448. The normalized spacial score (nSPS) is 11.4. The van der Waals surface area contributed by atoms with E-state index in [1.54, 1.807) is 17.7 Å². The van der Waals surface area contributed by atoms with Crippen LogP contribution in [0.25, 0.3) is 21.9 Å². The summed E-state index contributed by atoms with van der Waals surface area (Å²) in [7, 11) is 1.75. The molecule has 0 unspecified atom stereocenters. The average Bonchev–Trinajstić information content (AvgIpc) is 2.68. The third-order valence-corrected chi connectivity index (χ3v) is 2.88. The van der Waals surface area contributed by atoms with Crippen LogP contribution in [0.3, 0.4) is 0 Å². The van der Waals surface area contributed by atoms with Crippen LogP contribution < -0.4 is 11.2 Å². The molecule has 1 aromatic carbocycles. The number of nitrogens with one attached hydrogen (secondary N) is 1. The van der Waals surface area contributed by atoms with Crippen molar-refractivity contribution in [2.45, 2.75) is 0 Å². The second kappa shape index (κ2) is 3.07. The van der Waals surface area contributed by atoms with E-state index in [0.717, 1.165) is 0 Å². The van der Waals surface area contributed by atoms with Gasteiger partial charge in [-0.3, -0.25) is 9.89 Å². The van der Waals surface area contributed by atoms with Gasteiger partial charge in [0.05, 0.1) is 5.52 Å². The zero-order chi connectivity index (χ0) is 12.2. The Morgan fingerprint density at radius 3 is 3.00 bits per heavy atom. The van der Waals surface area contributed by atoms with Gasteiger partial charge in [-0.2, -0.15) is 5.10 Å². The topological polar surface area (TPSA) is 76.7 Å². The minimum absolute atomic E-state index is 0.201. The Bertz CT molecular complexity index is 802. The molecule has 3 aromatic rings. The molecule has 0 aliphatic carbocycles. The molecule has 0 saturated carbocycles. The SMILES string of the molecule is Cn1c2ccc(F)cc2c(=O)c2c(N)[nH]nc21. The Balaban J connectivity index is 2.70. The van der Waals surface area contributed by atoms with Gasteiger partial charge in [0.25, 0.3) is 0 Å².